The lowest BCUT2D eigenvalue weighted by Gasteiger charge is -2.37. The minimum Gasteiger partial charge on any atom is -0.404 e. The zero-order chi connectivity index (χ0) is 36.1. The molecule has 3 aliphatic heterocycles. The Labute approximate surface area is 299 Å². The summed E-state index contributed by atoms with van der Waals surface area (Å²) in [4.78, 5) is 38.6. The van der Waals surface area contributed by atoms with Gasteiger partial charge < -0.3 is 26.2 Å². The Morgan fingerprint density at radius 2 is 1.84 bits per heavy atom. The largest absolute Gasteiger partial charge is 0.404 e. The second kappa shape index (κ2) is 16.3. The average Bonchev–Trinajstić information content (AvgIpc) is 3.53. The Morgan fingerprint density at radius 1 is 1.08 bits per heavy atom. The normalized spacial score (nSPS) is 22.6. The predicted molar refractivity (Wildman–Crippen MR) is 198 cm³/mol. The second-order valence-corrected chi connectivity index (χ2v) is 14.3. The maximum atomic E-state index is 14.5. The van der Waals surface area contributed by atoms with Gasteiger partial charge in [-0.25, -0.2) is 8.78 Å². The topological polar surface area (TPSA) is 138 Å². The van der Waals surface area contributed by atoms with Crippen molar-refractivity contribution in [1.82, 2.24) is 19.6 Å². The van der Waals surface area contributed by atoms with Crippen LogP contribution in [0, 0.1) is 5.92 Å². The molecule has 1 aromatic heterocycles. The van der Waals surface area contributed by atoms with Crippen molar-refractivity contribution in [2.45, 2.75) is 89.8 Å². The number of nitrogens with two attached hydrogens (primary N) is 2. The molecule has 1 saturated carbocycles. The van der Waals surface area contributed by atoms with Crippen LogP contribution in [0.25, 0.3) is 5.70 Å². The Kier molecular flexibility index (Phi) is 11.6. The third-order valence-electron chi connectivity index (χ3n) is 11.1. The van der Waals surface area contributed by atoms with Gasteiger partial charge >= 0.3 is 0 Å². The summed E-state index contributed by atoms with van der Waals surface area (Å²) < 4.78 is 31.3. The van der Waals surface area contributed by atoms with Crippen LogP contribution in [-0.2, 0) is 29.0 Å². The number of halogens is 2. The van der Waals surface area contributed by atoms with Crippen molar-refractivity contribution in [1.29, 1.82) is 0 Å². The van der Waals surface area contributed by atoms with Crippen molar-refractivity contribution in [3.63, 3.8) is 0 Å². The molecule has 0 spiro atoms. The van der Waals surface area contributed by atoms with Crippen molar-refractivity contribution in [2.75, 3.05) is 44.7 Å². The third kappa shape index (κ3) is 8.08. The Balaban J connectivity index is 1.20. The number of piperidine rings is 1. The summed E-state index contributed by atoms with van der Waals surface area (Å²) in [5.41, 5.74) is 16.5. The number of rotatable bonds is 10. The number of allylic oxidation sites excluding steroid dienone is 2. The molecule has 13 heteroatoms. The maximum Gasteiger partial charge on any atom is 0.264 e. The monoisotopic (exact) mass is 703 g/mol. The average molecular weight is 704 g/mol. The molecule has 2 aromatic rings. The molecular formula is C38H51F2N9O2. The van der Waals surface area contributed by atoms with Crippen LogP contribution >= 0.6 is 0 Å². The van der Waals surface area contributed by atoms with Gasteiger partial charge in [0.15, 0.2) is 12.1 Å². The van der Waals surface area contributed by atoms with Gasteiger partial charge in [0, 0.05) is 117 Å². The summed E-state index contributed by atoms with van der Waals surface area (Å²) in [6, 6.07) is 3.87. The van der Waals surface area contributed by atoms with E-state index in [0.29, 0.717) is 43.1 Å². The molecule has 4 aliphatic rings. The van der Waals surface area contributed by atoms with Crippen molar-refractivity contribution in [3.05, 3.63) is 57.9 Å². The SMILES string of the molecule is CN=C/C=C(\N)c1cc2c(cc1C(F)F)N(c1nn(C3CCN(CC4CCC(N=C/C(C=O)=C\N)CC4)CC3)c3c1CN(C(C)=O)CC3)CCC2. The molecular weight excluding hydrogens is 652 g/mol. The van der Waals surface area contributed by atoms with Crippen molar-refractivity contribution >= 4 is 41.8 Å². The van der Waals surface area contributed by atoms with Gasteiger partial charge in [-0.05, 0) is 81.1 Å². The number of alkyl halides is 2. The van der Waals surface area contributed by atoms with Crippen LogP contribution in [-0.4, -0.2) is 90.0 Å². The zero-order valence-corrected chi connectivity index (χ0v) is 29.8. The van der Waals surface area contributed by atoms with Crippen molar-refractivity contribution < 1.29 is 18.4 Å². The summed E-state index contributed by atoms with van der Waals surface area (Å²) in [6.45, 7) is 6.40. The zero-order valence-electron chi connectivity index (χ0n) is 29.8. The summed E-state index contributed by atoms with van der Waals surface area (Å²) in [6.07, 6.45) is 12.5. The highest BCUT2D eigenvalue weighted by molar-refractivity contribution is 6.01. The highest BCUT2D eigenvalue weighted by Gasteiger charge is 2.35. The second-order valence-electron chi connectivity index (χ2n) is 14.3. The number of carbonyl (C=O) groups excluding carboxylic acids is 2. The summed E-state index contributed by atoms with van der Waals surface area (Å²) in [5.74, 6) is 1.43. The lowest BCUT2D eigenvalue weighted by Crippen LogP contribution is -2.40. The lowest BCUT2D eigenvalue weighted by atomic mass is 9.85. The fourth-order valence-electron chi connectivity index (χ4n) is 8.25. The molecule has 6 rings (SSSR count). The van der Waals surface area contributed by atoms with E-state index in [1.54, 1.807) is 32.3 Å². The molecule has 1 amide bonds. The molecule has 0 atom stereocenters. The van der Waals surface area contributed by atoms with E-state index in [-0.39, 0.29) is 29.3 Å². The van der Waals surface area contributed by atoms with E-state index >= 15 is 0 Å². The van der Waals surface area contributed by atoms with Crippen LogP contribution in [0.5, 0.6) is 0 Å². The molecule has 0 radical (unpaired) electrons. The van der Waals surface area contributed by atoms with Gasteiger partial charge in [0.1, 0.15) is 0 Å². The molecule has 0 bridgehead atoms. The van der Waals surface area contributed by atoms with Gasteiger partial charge in [-0.1, -0.05) is 0 Å². The molecule has 51 heavy (non-hydrogen) atoms. The van der Waals surface area contributed by atoms with Gasteiger partial charge in [-0.3, -0.25) is 24.3 Å². The van der Waals surface area contributed by atoms with Gasteiger partial charge in [0.05, 0.1) is 12.6 Å². The molecule has 4 heterocycles. The van der Waals surface area contributed by atoms with Gasteiger partial charge in [0.25, 0.3) is 6.43 Å². The molecule has 1 aliphatic carbocycles. The van der Waals surface area contributed by atoms with Gasteiger partial charge in [0.2, 0.25) is 5.91 Å². The Morgan fingerprint density at radius 3 is 2.51 bits per heavy atom. The number of nitrogens with zero attached hydrogens (tertiary/aromatic N) is 7. The number of aldehydes is 1. The number of aromatic nitrogens is 2. The van der Waals surface area contributed by atoms with Gasteiger partial charge in [-0.2, -0.15) is 5.10 Å². The number of anilines is 2. The predicted octanol–water partition coefficient (Wildman–Crippen LogP) is 5.12. The fourth-order valence-corrected chi connectivity index (χ4v) is 8.25. The molecule has 274 valence electrons. The number of benzene rings is 1. The number of amides is 1. The van der Waals surface area contributed by atoms with Crippen LogP contribution in [0.1, 0.15) is 92.3 Å². The van der Waals surface area contributed by atoms with Crippen molar-refractivity contribution in [2.24, 2.45) is 27.4 Å². The quantitative estimate of drug-likeness (QED) is 0.199. The number of hydrogen-bond acceptors (Lipinski definition) is 9. The van der Waals surface area contributed by atoms with Crippen LogP contribution in [0.2, 0.25) is 0 Å². The molecule has 1 saturated heterocycles. The van der Waals surface area contributed by atoms with E-state index < -0.39 is 6.43 Å². The standard InChI is InChI=1S/C38H51F2N9O2/c1-25(51)47-17-12-35-33(23-47)38(48-14-3-4-28-18-31(34(42)9-13-43-2)32(37(39)40)19-36(28)48)45-49(35)30-10-15-46(16-11-30)22-26-5-7-29(8-6-26)44-21-27(20-41)24-50/h9,13,18-21,24,26,29-30,37H,3-8,10-12,14-17,22-23,41-42H2,1-2H3/b27-20+,34-9-,43-13?,44-21?. The Bertz CT molecular complexity index is 1700. The molecule has 4 N–H and O–H groups in total. The lowest BCUT2D eigenvalue weighted by molar-refractivity contribution is -0.129. The number of aliphatic imine (C=N–C) groups is 2. The van der Waals surface area contributed by atoms with Crippen LogP contribution in [0.15, 0.2) is 40.0 Å². The molecule has 0 unspecified atom stereocenters. The van der Waals surface area contributed by atoms with E-state index in [9.17, 15) is 18.4 Å². The first-order chi connectivity index (χ1) is 24.7. The maximum absolute atomic E-state index is 14.5. The smallest absolute Gasteiger partial charge is 0.264 e. The third-order valence-corrected chi connectivity index (χ3v) is 11.1. The van der Waals surface area contributed by atoms with Crippen LogP contribution < -0.4 is 16.4 Å². The highest BCUT2D eigenvalue weighted by atomic mass is 19.3. The van der Waals surface area contributed by atoms with Gasteiger partial charge in [-0.15, -0.1) is 0 Å². The summed E-state index contributed by atoms with van der Waals surface area (Å²) in [5, 5.41) is 5.29. The molecule has 2 fully saturated rings. The minimum absolute atomic E-state index is 0.0214. The van der Waals surface area contributed by atoms with Crippen LogP contribution in [0.4, 0.5) is 20.3 Å². The molecule has 11 nitrogen and oxygen atoms in total. The minimum atomic E-state index is -2.71. The number of hydrogen-bond donors (Lipinski definition) is 2. The molecule has 1 aromatic carbocycles. The number of likely N-dealkylation sites (tertiary alicyclic amines) is 1. The number of carbonyl (C=O) groups is 2. The van der Waals surface area contributed by atoms with Crippen molar-refractivity contribution in [3.8, 4) is 0 Å². The first-order valence-corrected chi connectivity index (χ1v) is 18.3. The highest BCUT2D eigenvalue weighted by Crippen LogP contribution is 2.42. The van der Waals surface area contributed by atoms with E-state index in [1.165, 1.54) is 12.4 Å². The first kappa shape index (κ1) is 36.4. The number of fused-ring (bicyclic) bond motifs is 2. The van der Waals surface area contributed by atoms with E-state index in [0.717, 1.165) is 106 Å². The van der Waals surface area contributed by atoms with Crippen LogP contribution in [0.3, 0.4) is 0 Å². The van der Waals surface area contributed by atoms with E-state index in [1.807, 2.05) is 11.0 Å². The summed E-state index contributed by atoms with van der Waals surface area (Å²) >= 11 is 0. The van der Waals surface area contributed by atoms with E-state index in [2.05, 4.69) is 24.5 Å². The summed E-state index contributed by atoms with van der Waals surface area (Å²) in [7, 11) is 1.61. The fraction of sp³-hybridized carbons (Fsp3) is 0.553. The first-order valence-electron chi connectivity index (χ1n) is 18.3. The van der Waals surface area contributed by atoms with E-state index in [4.69, 9.17) is 16.6 Å². The number of aryl methyl sites for hydroxylation is 1. The Hall–Kier alpha value is -4.39.